The fourth-order valence-electron chi connectivity index (χ4n) is 5.23. The first-order valence-corrected chi connectivity index (χ1v) is 21.6. The predicted molar refractivity (Wildman–Crippen MR) is 183 cm³/mol. The lowest BCUT2D eigenvalue weighted by Gasteiger charge is -2.36. The quantitative estimate of drug-likeness (QED) is 0.286. The van der Waals surface area contributed by atoms with E-state index in [4.69, 9.17) is 8.85 Å². The molecule has 0 saturated carbocycles. The molecule has 0 radical (unpaired) electrons. The lowest BCUT2D eigenvalue weighted by atomic mass is 9.86. The molecule has 224 valence electrons. The van der Waals surface area contributed by atoms with E-state index in [-0.39, 0.29) is 10.1 Å². The molecule has 0 unspecified atom stereocenters. The first kappa shape index (κ1) is 31.8. The van der Waals surface area contributed by atoms with E-state index in [1.54, 1.807) is 0 Å². The minimum absolute atomic E-state index is 0.208. The van der Waals surface area contributed by atoms with Gasteiger partial charge in [0.2, 0.25) is 16.6 Å². The van der Waals surface area contributed by atoms with Gasteiger partial charge in [0.15, 0.2) is 0 Å². The van der Waals surface area contributed by atoms with Crippen LogP contribution in [0.5, 0.6) is 11.5 Å². The zero-order valence-corrected chi connectivity index (χ0v) is 29.6. The maximum Gasteiger partial charge on any atom is 0.250 e. The van der Waals surface area contributed by atoms with Gasteiger partial charge in [0.25, 0.3) is 0 Å². The monoisotopic (exact) mass is 589 g/mol. The van der Waals surface area contributed by atoms with Gasteiger partial charge in [-0.15, -0.1) is 0 Å². The molecule has 0 fully saturated rings. The molecule has 0 saturated heterocycles. The molecule has 5 heteroatoms. The molecule has 2 aromatic rings. The van der Waals surface area contributed by atoms with Crippen molar-refractivity contribution in [3.63, 3.8) is 0 Å². The summed E-state index contributed by atoms with van der Waals surface area (Å²) in [7, 11) is -3.62. The lowest BCUT2D eigenvalue weighted by molar-refractivity contribution is 0.262. The second kappa shape index (κ2) is 12.3. The van der Waals surface area contributed by atoms with E-state index in [9.17, 15) is 0 Å². The molecule has 41 heavy (non-hydrogen) atoms. The van der Waals surface area contributed by atoms with Gasteiger partial charge in [-0.3, -0.25) is 4.90 Å². The van der Waals surface area contributed by atoms with Gasteiger partial charge in [-0.05, 0) is 114 Å². The Kier molecular flexibility index (Phi) is 9.52. The highest BCUT2D eigenvalue weighted by Crippen LogP contribution is 2.39. The zero-order valence-electron chi connectivity index (χ0n) is 27.6. The summed E-state index contributed by atoms with van der Waals surface area (Å²) in [4.78, 5) is 2.64. The van der Waals surface area contributed by atoms with Crippen molar-refractivity contribution >= 4 is 27.8 Å². The summed E-state index contributed by atoms with van der Waals surface area (Å²) in [5.41, 5.74) is 5.68. The molecule has 1 atom stereocenters. The minimum Gasteiger partial charge on any atom is -0.544 e. The summed E-state index contributed by atoms with van der Waals surface area (Å²) in [6.07, 6.45) is 9.87. The van der Waals surface area contributed by atoms with Gasteiger partial charge < -0.3 is 8.85 Å². The van der Waals surface area contributed by atoms with E-state index in [1.807, 2.05) is 0 Å². The first-order chi connectivity index (χ1) is 19.0. The Morgan fingerprint density at radius 2 is 1.20 bits per heavy atom. The van der Waals surface area contributed by atoms with Crippen LogP contribution in [-0.4, -0.2) is 41.2 Å². The fourth-order valence-corrected chi connectivity index (χ4v) is 7.29. The van der Waals surface area contributed by atoms with Gasteiger partial charge in [0.1, 0.15) is 11.5 Å². The molecule has 0 N–H and O–H groups in total. The van der Waals surface area contributed by atoms with E-state index in [0.717, 1.165) is 37.6 Å². The number of benzene rings is 2. The van der Waals surface area contributed by atoms with E-state index in [0.29, 0.717) is 5.92 Å². The summed E-state index contributed by atoms with van der Waals surface area (Å²) in [5, 5.41) is 0.416. The minimum atomic E-state index is -1.81. The van der Waals surface area contributed by atoms with Crippen LogP contribution in [0, 0.1) is 5.92 Å². The summed E-state index contributed by atoms with van der Waals surface area (Å²) in [6, 6.07) is 17.8. The number of nitrogens with zero attached hydrogens (tertiary/aromatic N) is 1. The Labute approximate surface area is 253 Å². The SMILES string of the molecule is CC(C)(C)[Si](C)(C)Oc1ccc(C2=C[C@H](CN3CC=C(c4ccc(O[Si](C)(C)C(C)(C)C)cc4)CC3)CCC2)cc1. The molecule has 1 heterocycles. The van der Waals surface area contributed by atoms with Crippen molar-refractivity contribution in [2.75, 3.05) is 19.6 Å². The predicted octanol–water partition coefficient (Wildman–Crippen LogP) is 10.4. The highest BCUT2D eigenvalue weighted by Gasteiger charge is 2.39. The number of rotatable bonds is 8. The topological polar surface area (TPSA) is 21.7 Å². The first-order valence-electron chi connectivity index (χ1n) is 15.8. The standard InChI is InChI=1S/C36H55NO2Si2/c1-35(2,3)40(7,8)38-33-18-14-29(15-19-33)31-22-24-37(25-23-31)27-28-12-11-13-32(26-28)30-16-20-34(21-17-30)39-41(9,10)36(4,5)6/h14-22,26,28H,11-13,23-25,27H2,1-10H3/t28-/m1/s1. The van der Waals surface area contributed by atoms with Crippen LogP contribution in [0.2, 0.25) is 36.3 Å². The van der Waals surface area contributed by atoms with Crippen LogP contribution in [0.15, 0.2) is 60.7 Å². The highest BCUT2D eigenvalue weighted by molar-refractivity contribution is 6.75. The summed E-state index contributed by atoms with van der Waals surface area (Å²) >= 11 is 0. The van der Waals surface area contributed by atoms with Crippen LogP contribution in [0.1, 0.15) is 78.4 Å². The second-order valence-corrected chi connectivity index (χ2v) is 24.8. The Balaban J connectivity index is 1.33. The normalized spacial score (nSPS) is 19.4. The van der Waals surface area contributed by atoms with Crippen molar-refractivity contribution in [1.82, 2.24) is 4.90 Å². The number of hydrogen-bond donors (Lipinski definition) is 0. The Bertz CT molecular complexity index is 1230. The number of allylic oxidation sites excluding steroid dienone is 1. The van der Waals surface area contributed by atoms with Crippen LogP contribution in [0.4, 0.5) is 0 Å². The molecule has 1 aliphatic carbocycles. The summed E-state index contributed by atoms with van der Waals surface area (Å²) in [5.74, 6) is 2.65. The van der Waals surface area contributed by atoms with E-state index in [2.05, 4.69) is 133 Å². The number of hydrogen-bond acceptors (Lipinski definition) is 3. The smallest absolute Gasteiger partial charge is 0.250 e. The molecule has 0 spiro atoms. The van der Waals surface area contributed by atoms with Crippen LogP contribution in [0.3, 0.4) is 0 Å². The maximum absolute atomic E-state index is 6.51. The van der Waals surface area contributed by atoms with Gasteiger partial charge in [-0.2, -0.15) is 0 Å². The largest absolute Gasteiger partial charge is 0.544 e. The van der Waals surface area contributed by atoms with Crippen LogP contribution in [-0.2, 0) is 0 Å². The fraction of sp³-hybridized carbons (Fsp3) is 0.556. The van der Waals surface area contributed by atoms with Crippen molar-refractivity contribution in [3.8, 4) is 11.5 Å². The van der Waals surface area contributed by atoms with Gasteiger partial charge in [-0.1, -0.05) is 78.0 Å². The van der Waals surface area contributed by atoms with Crippen molar-refractivity contribution in [2.24, 2.45) is 5.92 Å². The summed E-state index contributed by atoms with van der Waals surface area (Å²) < 4.78 is 13.0. The molecular weight excluding hydrogens is 535 g/mol. The van der Waals surface area contributed by atoms with Gasteiger partial charge in [-0.25, -0.2) is 0 Å². The average Bonchev–Trinajstić information content (AvgIpc) is 2.89. The van der Waals surface area contributed by atoms with E-state index in [1.165, 1.54) is 41.5 Å². The van der Waals surface area contributed by atoms with Crippen molar-refractivity contribution in [3.05, 3.63) is 71.8 Å². The van der Waals surface area contributed by atoms with Crippen molar-refractivity contribution < 1.29 is 8.85 Å². The van der Waals surface area contributed by atoms with Crippen LogP contribution in [0.25, 0.3) is 11.1 Å². The third-order valence-corrected chi connectivity index (χ3v) is 18.8. The molecule has 0 amide bonds. The molecule has 3 nitrogen and oxygen atoms in total. The molecule has 1 aliphatic heterocycles. The Hall–Kier alpha value is -2.09. The maximum atomic E-state index is 6.51. The Morgan fingerprint density at radius 3 is 1.63 bits per heavy atom. The third kappa shape index (κ3) is 8.06. The van der Waals surface area contributed by atoms with Gasteiger partial charge >= 0.3 is 0 Å². The van der Waals surface area contributed by atoms with Gasteiger partial charge in [0.05, 0.1) is 0 Å². The molecule has 2 aromatic carbocycles. The van der Waals surface area contributed by atoms with E-state index < -0.39 is 16.6 Å². The lowest BCUT2D eigenvalue weighted by Crippen LogP contribution is -2.43. The van der Waals surface area contributed by atoms with Crippen molar-refractivity contribution in [2.45, 2.75) is 103 Å². The van der Waals surface area contributed by atoms with Crippen LogP contribution < -0.4 is 8.85 Å². The third-order valence-electron chi connectivity index (χ3n) is 10.1. The Morgan fingerprint density at radius 1 is 0.707 bits per heavy atom. The van der Waals surface area contributed by atoms with Crippen LogP contribution >= 0.6 is 0 Å². The average molecular weight is 590 g/mol. The van der Waals surface area contributed by atoms with E-state index >= 15 is 0 Å². The second-order valence-electron chi connectivity index (χ2n) is 15.4. The molecule has 0 bridgehead atoms. The molecule has 4 rings (SSSR count). The molecule has 0 aromatic heterocycles. The molecular formula is C36H55NO2Si2. The highest BCUT2D eigenvalue weighted by atomic mass is 28.4. The zero-order chi connectivity index (χ0) is 30.1. The van der Waals surface area contributed by atoms with Crippen molar-refractivity contribution in [1.29, 1.82) is 0 Å². The summed E-state index contributed by atoms with van der Waals surface area (Å²) in [6.45, 7) is 26.3. The van der Waals surface area contributed by atoms with Gasteiger partial charge in [0, 0.05) is 19.6 Å². The molecule has 2 aliphatic rings.